The first-order chi connectivity index (χ1) is 9.25. The largest absolute Gasteiger partial charge is 0.294 e. The smallest absolute Gasteiger partial charge is 0.266 e. The number of aromatic nitrogens is 3. The predicted octanol–water partition coefficient (Wildman–Crippen LogP) is 2.97. The third-order valence-electron chi connectivity index (χ3n) is 2.56. The minimum absolute atomic E-state index is 0.0792. The second-order valence-corrected chi connectivity index (χ2v) is 4.98. The zero-order valence-electron chi connectivity index (χ0n) is 9.65. The van der Waals surface area contributed by atoms with Crippen LogP contribution in [0.15, 0.2) is 40.6 Å². The maximum Gasteiger partial charge on any atom is 0.294 e. The Labute approximate surface area is 117 Å². The van der Waals surface area contributed by atoms with Gasteiger partial charge in [-0.05, 0) is 11.6 Å². The van der Waals surface area contributed by atoms with Gasteiger partial charge in [0, 0.05) is 0 Å². The summed E-state index contributed by atoms with van der Waals surface area (Å²) in [5.41, 5.74) is 2.69. The number of nitrogens with zero attached hydrogens (tertiary/aromatic N) is 3. The SMILES string of the molecule is O=c1c(Cl)c(C=Cc2ccccc2)nc2scnn12. The summed E-state index contributed by atoms with van der Waals surface area (Å²) < 4.78 is 1.20. The molecule has 0 radical (unpaired) electrons. The van der Waals surface area contributed by atoms with Crippen LogP contribution in [0.3, 0.4) is 0 Å². The minimum atomic E-state index is -0.347. The Kier molecular flexibility index (Phi) is 3.15. The number of hydrogen-bond donors (Lipinski definition) is 0. The van der Waals surface area contributed by atoms with Crippen LogP contribution < -0.4 is 5.56 Å². The summed E-state index contributed by atoms with van der Waals surface area (Å²) >= 11 is 7.31. The molecule has 3 rings (SSSR count). The van der Waals surface area contributed by atoms with E-state index in [0.29, 0.717) is 10.7 Å². The van der Waals surface area contributed by atoms with Gasteiger partial charge in [0.15, 0.2) is 0 Å². The number of halogens is 1. The molecule has 0 fully saturated rings. The van der Waals surface area contributed by atoms with Crippen LogP contribution in [0.1, 0.15) is 11.3 Å². The number of hydrogen-bond acceptors (Lipinski definition) is 4. The molecule has 0 amide bonds. The molecule has 1 aromatic carbocycles. The molecule has 0 saturated heterocycles. The Bertz CT molecular complexity index is 808. The molecule has 0 spiro atoms. The third kappa shape index (κ3) is 2.30. The van der Waals surface area contributed by atoms with E-state index in [2.05, 4.69) is 10.1 Å². The van der Waals surface area contributed by atoms with Crippen LogP contribution in [0.2, 0.25) is 5.02 Å². The van der Waals surface area contributed by atoms with E-state index in [9.17, 15) is 4.79 Å². The Balaban J connectivity index is 2.08. The van der Waals surface area contributed by atoms with E-state index in [-0.39, 0.29) is 10.6 Å². The highest BCUT2D eigenvalue weighted by molar-refractivity contribution is 7.14. The monoisotopic (exact) mass is 289 g/mol. The second-order valence-electron chi connectivity index (χ2n) is 3.79. The van der Waals surface area contributed by atoms with Gasteiger partial charge < -0.3 is 0 Å². The molecule has 2 heterocycles. The van der Waals surface area contributed by atoms with Crippen LogP contribution in [0.4, 0.5) is 0 Å². The van der Waals surface area contributed by atoms with Crippen molar-refractivity contribution in [3.63, 3.8) is 0 Å². The summed E-state index contributed by atoms with van der Waals surface area (Å²) in [6.07, 6.45) is 3.60. The van der Waals surface area contributed by atoms with Gasteiger partial charge in [-0.2, -0.15) is 9.61 Å². The molecule has 0 saturated carbocycles. The lowest BCUT2D eigenvalue weighted by atomic mass is 10.2. The number of benzene rings is 1. The molecule has 94 valence electrons. The summed E-state index contributed by atoms with van der Waals surface area (Å²) in [5, 5.41) is 3.97. The Morgan fingerprint density at radius 1 is 1.21 bits per heavy atom. The average Bonchev–Trinajstić information content (AvgIpc) is 2.91. The molecule has 0 atom stereocenters. The van der Waals surface area contributed by atoms with Gasteiger partial charge in [-0.3, -0.25) is 4.79 Å². The molecular formula is C13H8ClN3OS. The molecule has 0 N–H and O–H groups in total. The van der Waals surface area contributed by atoms with E-state index in [1.807, 2.05) is 36.4 Å². The van der Waals surface area contributed by atoms with Crippen molar-refractivity contribution in [3.8, 4) is 0 Å². The molecule has 0 aliphatic carbocycles. The van der Waals surface area contributed by atoms with E-state index in [0.717, 1.165) is 5.56 Å². The highest BCUT2D eigenvalue weighted by Crippen LogP contribution is 2.15. The van der Waals surface area contributed by atoms with E-state index >= 15 is 0 Å². The van der Waals surface area contributed by atoms with E-state index in [1.54, 1.807) is 11.6 Å². The normalized spacial score (nSPS) is 11.4. The van der Waals surface area contributed by atoms with Crippen molar-refractivity contribution in [3.05, 3.63) is 62.5 Å². The highest BCUT2D eigenvalue weighted by Gasteiger charge is 2.09. The van der Waals surface area contributed by atoms with Crippen LogP contribution in [-0.4, -0.2) is 14.6 Å². The first-order valence-electron chi connectivity index (χ1n) is 5.51. The lowest BCUT2D eigenvalue weighted by Crippen LogP contribution is -2.16. The Hall–Kier alpha value is -1.98. The summed E-state index contributed by atoms with van der Waals surface area (Å²) in [6, 6.07) is 9.75. The fourth-order valence-electron chi connectivity index (χ4n) is 1.63. The minimum Gasteiger partial charge on any atom is -0.266 e. The van der Waals surface area contributed by atoms with Gasteiger partial charge in [0.1, 0.15) is 10.5 Å². The van der Waals surface area contributed by atoms with Crippen molar-refractivity contribution >= 4 is 40.1 Å². The van der Waals surface area contributed by atoms with Gasteiger partial charge in [0.05, 0.1) is 5.69 Å². The lowest BCUT2D eigenvalue weighted by Gasteiger charge is -1.98. The Morgan fingerprint density at radius 2 is 2.00 bits per heavy atom. The zero-order chi connectivity index (χ0) is 13.2. The molecule has 0 aliphatic heterocycles. The van der Waals surface area contributed by atoms with Crippen LogP contribution >= 0.6 is 22.9 Å². The maximum atomic E-state index is 11.9. The van der Waals surface area contributed by atoms with Gasteiger partial charge in [-0.1, -0.05) is 59.3 Å². The molecule has 2 aromatic heterocycles. The standard InChI is InChI=1S/C13H8ClN3OS/c14-11-10(7-6-9-4-2-1-3-5-9)16-13-17(12(11)18)15-8-19-13/h1-8H. The van der Waals surface area contributed by atoms with Crippen molar-refractivity contribution in [1.29, 1.82) is 0 Å². The van der Waals surface area contributed by atoms with Crippen molar-refractivity contribution in [2.45, 2.75) is 0 Å². The molecule has 0 aliphatic rings. The summed E-state index contributed by atoms with van der Waals surface area (Å²) in [7, 11) is 0. The third-order valence-corrected chi connectivity index (χ3v) is 3.59. The van der Waals surface area contributed by atoms with E-state index in [4.69, 9.17) is 11.6 Å². The van der Waals surface area contributed by atoms with Crippen molar-refractivity contribution in [2.24, 2.45) is 0 Å². The van der Waals surface area contributed by atoms with Crippen LogP contribution in [0.5, 0.6) is 0 Å². The van der Waals surface area contributed by atoms with Gasteiger partial charge >= 0.3 is 0 Å². The Morgan fingerprint density at radius 3 is 2.79 bits per heavy atom. The van der Waals surface area contributed by atoms with Crippen molar-refractivity contribution < 1.29 is 0 Å². The molecule has 4 nitrogen and oxygen atoms in total. The number of rotatable bonds is 2. The summed E-state index contributed by atoms with van der Waals surface area (Å²) in [5.74, 6) is 0. The quantitative estimate of drug-likeness (QED) is 0.729. The molecule has 19 heavy (non-hydrogen) atoms. The van der Waals surface area contributed by atoms with Crippen LogP contribution in [0.25, 0.3) is 17.1 Å². The molecule has 3 aromatic rings. The summed E-state index contributed by atoms with van der Waals surface area (Å²) in [6.45, 7) is 0. The fourth-order valence-corrected chi connectivity index (χ4v) is 2.44. The van der Waals surface area contributed by atoms with Gasteiger partial charge in [0.25, 0.3) is 5.56 Å². The molecular weight excluding hydrogens is 282 g/mol. The summed E-state index contributed by atoms with van der Waals surface area (Å²) in [4.78, 5) is 16.8. The molecule has 6 heteroatoms. The van der Waals surface area contributed by atoms with Crippen LogP contribution in [-0.2, 0) is 0 Å². The fraction of sp³-hybridized carbons (Fsp3) is 0. The van der Waals surface area contributed by atoms with Crippen LogP contribution in [0, 0.1) is 0 Å². The average molecular weight is 290 g/mol. The first-order valence-corrected chi connectivity index (χ1v) is 6.76. The van der Waals surface area contributed by atoms with Gasteiger partial charge in [-0.15, -0.1) is 0 Å². The lowest BCUT2D eigenvalue weighted by molar-refractivity contribution is 0.897. The zero-order valence-corrected chi connectivity index (χ0v) is 11.2. The first kappa shape index (κ1) is 12.1. The van der Waals surface area contributed by atoms with Crippen molar-refractivity contribution in [1.82, 2.24) is 14.6 Å². The number of fused-ring (bicyclic) bond motifs is 1. The molecule has 0 bridgehead atoms. The maximum absolute atomic E-state index is 11.9. The predicted molar refractivity (Wildman–Crippen MR) is 77.5 cm³/mol. The topological polar surface area (TPSA) is 47.3 Å². The highest BCUT2D eigenvalue weighted by atomic mass is 35.5. The van der Waals surface area contributed by atoms with E-state index in [1.165, 1.54) is 15.9 Å². The van der Waals surface area contributed by atoms with E-state index < -0.39 is 0 Å². The van der Waals surface area contributed by atoms with Gasteiger partial charge in [0.2, 0.25) is 4.96 Å². The van der Waals surface area contributed by atoms with Gasteiger partial charge in [-0.25, -0.2) is 4.98 Å². The second kappa shape index (κ2) is 4.95. The van der Waals surface area contributed by atoms with Crippen molar-refractivity contribution in [2.75, 3.05) is 0 Å². The molecule has 0 unspecified atom stereocenters.